The summed E-state index contributed by atoms with van der Waals surface area (Å²) in [6, 6.07) is 8.48. The molecular formula is C16H23NO. The minimum atomic E-state index is 0.524. The second kappa shape index (κ2) is 4.93. The van der Waals surface area contributed by atoms with Gasteiger partial charge >= 0.3 is 0 Å². The molecule has 2 aliphatic carbocycles. The summed E-state index contributed by atoms with van der Waals surface area (Å²) in [4.78, 5) is 0. The van der Waals surface area contributed by atoms with E-state index in [0.717, 1.165) is 30.0 Å². The zero-order valence-corrected chi connectivity index (χ0v) is 11.1. The molecule has 18 heavy (non-hydrogen) atoms. The number of rotatable bonds is 4. The first-order valence-corrected chi connectivity index (χ1v) is 7.16. The fraction of sp³-hybridized carbons (Fsp3) is 0.625. The molecule has 0 saturated heterocycles. The molecule has 2 bridgehead atoms. The molecule has 0 aromatic heterocycles. The van der Waals surface area contributed by atoms with Crippen LogP contribution in [0.1, 0.15) is 37.2 Å². The van der Waals surface area contributed by atoms with Crippen molar-refractivity contribution in [2.24, 2.45) is 23.5 Å². The Morgan fingerprint density at radius 2 is 2.22 bits per heavy atom. The second-order valence-electron chi connectivity index (χ2n) is 5.96. The first-order chi connectivity index (χ1) is 8.81. The van der Waals surface area contributed by atoms with Crippen molar-refractivity contribution in [2.75, 3.05) is 13.7 Å². The van der Waals surface area contributed by atoms with Gasteiger partial charge in [-0.1, -0.05) is 18.6 Å². The molecule has 2 aliphatic rings. The number of nitrogens with two attached hydrogens (primary N) is 1. The molecule has 0 spiro atoms. The van der Waals surface area contributed by atoms with E-state index in [9.17, 15) is 0 Å². The third-order valence-corrected chi connectivity index (χ3v) is 5.09. The summed E-state index contributed by atoms with van der Waals surface area (Å²) in [6.07, 6.45) is 5.72. The molecule has 3 rings (SSSR count). The lowest BCUT2D eigenvalue weighted by Crippen LogP contribution is -2.25. The number of hydrogen-bond donors (Lipinski definition) is 1. The summed E-state index contributed by atoms with van der Waals surface area (Å²) >= 11 is 0. The van der Waals surface area contributed by atoms with Crippen LogP contribution in [0, 0.1) is 17.8 Å². The van der Waals surface area contributed by atoms with Gasteiger partial charge in [-0.15, -0.1) is 0 Å². The molecule has 2 N–H and O–H groups in total. The zero-order valence-electron chi connectivity index (χ0n) is 11.1. The molecule has 2 saturated carbocycles. The maximum atomic E-state index is 6.07. The van der Waals surface area contributed by atoms with Crippen LogP contribution in [0.3, 0.4) is 0 Å². The van der Waals surface area contributed by atoms with Gasteiger partial charge in [0, 0.05) is 0 Å². The van der Waals surface area contributed by atoms with Crippen LogP contribution in [0.5, 0.6) is 5.75 Å². The molecule has 0 radical (unpaired) electrons. The lowest BCUT2D eigenvalue weighted by Gasteiger charge is -2.30. The Bertz CT molecular complexity index is 417. The molecule has 4 unspecified atom stereocenters. The first-order valence-electron chi connectivity index (χ1n) is 7.16. The second-order valence-corrected chi connectivity index (χ2v) is 5.96. The minimum Gasteiger partial charge on any atom is -0.497 e. The normalized spacial score (nSPS) is 31.6. The zero-order chi connectivity index (χ0) is 12.5. The van der Waals surface area contributed by atoms with Gasteiger partial charge in [-0.3, -0.25) is 0 Å². The maximum absolute atomic E-state index is 6.07. The molecule has 1 aromatic carbocycles. The van der Waals surface area contributed by atoms with Gasteiger partial charge in [0.25, 0.3) is 0 Å². The van der Waals surface area contributed by atoms with E-state index in [0.29, 0.717) is 5.92 Å². The van der Waals surface area contributed by atoms with E-state index in [1.54, 1.807) is 7.11 Å². The maximum Gasteiger partial charge on any atom is 0.119 e. The van der Waals surface area contributed by atoms with Gasteiger partial charge in [-0.2, -0.15) is 0 Å². The number of fused-ring (bicyclic) bond motifs is 2. The van der Waals surface area contributed by atoms with Crippen molar-refractivity contribution in [3.05, 3.63) is 29.8 Å². The van der Waals surface area contributed by atoms with Crippen LogP contribution in [-0.4, -0.2) is 13.7 Å². The van der Waals surface area contributed by atoms with Gasteiger partial charge in [0.15, 0.2) is 0 Å². The van der Waals surface area contributed by atoms with Crippen molar-refractivity contribution in [3.63, 3.8) is 0 Å². The summed E-state index contributed by atoms with van der Waals surface area (Å²) < 4.78 is 5.33. The Balaban J connectivity index is 1.83. The highest BCUT2D eigenvalue weighted by atomic mass is 16.5. The van der Waals surface area contributed by atoms with Crippen molar-refractivity contribution in [1.82, 2.24) is 0 Å². The number of ether oxygens (including phenoxy) is 1. The summed E-state index contributed by atoms with van der Waals surface area (Å²) in [6.45, 7) is 0.765. The molecule has 2 nitrogen and oxygen atoms in total. The van der Waals surface area contributed by atoms with E-state index in [1.807, 2.05) is 6.07 Å². The summed E-state index contributed by atoms with van der Waals surface area (Å²) in [7, 11) is 1.73. The summed E-state index contributed by atoms with van der Waals surface area (Å²) in [5, 5.41) is 0. The molecule has 2 fully saturated rings. The highest BCUT2D eigenvalue weighted by Crippen LogP contribution is 2.53. The topological polar surface area (TPSA) is 35.2 Å². The molecule has 4 atom stereocenters. The van der Waals surface area contributed by atoms with Gasteiger partial charge in [0.2, 0.25) is 0 Å². The average Bonchev–Trinajstić information content (AvgIpc) is 3.02. The molecule has 98 valence electrons. The largest absolute Gasteiger partial charge is 0.497 e. The molecule has 0 heterocycles. The van der Waals surface area contributed by atoms with Crippen molar-refractivity contribution >= 4 is 0 Å². The summed E-state index contributed by atoms with van der Waals surface area (Å²) in [5.74, 6) is 4.19. The lowest BCUT2D eigenvalue weighted by molar-refractivity contribution is 0.283. The van der Waals surface area contributed by atoms with Gasteiger partial charge < -0.3 is 10.5 Å². The highest BCUT2D eigenvalue weighted by Gasteiger charge is 2.42. The SMILES string of the molecule is COc1cccc(C(CN)C2CC3CCC2C3)c1. The van der Waals surface area contributed by atoms with E-state index >= 15 is 0 Å². The first kappa shape index (κ1) is 12.0. The summed E-state index contributed by atoms with van der Waals surface area (Å²) in [5.41, 5.74) is 7.44. The molecule has 2 heteroatoms. The molecule has 1 aromatic rings. The third kappa shape index (κ3) is 2.03. The highest BCUT2D eigenvalue weighted by molar-refractivity contribution is 5.32. The Hall–Kier alpha value is -1.02. The Morgan fingerprint density at radius 1 is 1.33 bits per heavy atom. The Morgan fingerprint density at radius 3 is 2.83 bits per heavy atom. The molecule has 0 amide bonds. The van der Waals surface area contributed by atoms with Crippen LogP contribution in [0.2, 0.25) is 0 Å². The fourth-order valence-corrected chi connectivity index (χ4v) is 4.22. The van der Waals surface area contributed by atoms with Crippen molar-refractivity contribution in [3.8, 4) is 5.75 Å². The molecular weight excluding hydrogens is 222 g/mol. The Labute approximate surface area is 110 Å². The van der Waals surface area contributed by atoms with Crippen LogP contribution >= 0.6 is 0 Å². The van der Waals surface area contributed by atoms with E-state index in [1.165, 1.54) is 31.2 Å². The van der Waals surface area contributed by atoms with Crippen LogP contribution in [0.15, 0.2) is 24.3 Å². The Kier molecular flexibility index (Phi) is 3.29. The predicted octanol–water partition coefficient (Wildman–Crippen LogP) is 3.17. The van der Waals surface area contributed by atoms with Gasteiger partial charge in [-0.05, 0) is 67.2 Å². The van der Waals surface area contributed by atoms with Gasteiger partial charge in [0.1, 0.15) is 5.75 Å². The quantitative estimate of drug-likeness (QED) is 0.884. The lowest BCUT2D eigenvalue weighted by atomic mass is 9.76. The molecule has 0 aliphatic heterocycles. The van der Waals surface area contributed by atoms with E-state index in [4.69, 9.17) is 10.5 Å². The van der Waals surface area contributed by atoms with E-state index in [2.05, 4.69) is 18.2 Å². The third-order valence-electron chi connectivity index (χ3n) is 5.09. The monoisotopic (exact) mass is 245 g/mol. The number of methoxy groups -OCH3 is 1. The predicted molar refractivity (Wildman–Crippen MR) is 73.7 cm³/mol. The number of hydrogen-bond acceptors (Lipinski definition) is 2. The standard InChI is InChI=1S/C16H23NO/c1-18-14-4-2-3-12(9-14)16(10-17)15-8-11-5-6-13(15)7-11/h2-4,9,11,13,15-16H,5-8,10,17H2,1H3. The van der Waals surface area contributed by atoms with Crippen LogP contribution in [0.25, 0.3) is 0 Å². The minimum absolute atomic E-state index is 0.524. The van der Waals surface area contributed by atoms with E-state index in [-0.39, 0.29) is 0 Å². The smallest absolute Gasteiger partial charge is 0.119 e. The van der Waals surface area contributed by atoms with Crippen molar-refractivity contribution < 1.29 is 4.74 Å². The van der Waals surface area contributed by atoms with Crippen molar-refractivity contribution in [2.45, 2.75) is 31.6 Å². The fourth-order valence-electron chi connectivity index (χ4n) is 4.22. The van der Waals surface area contributed by atoms with Gasteiger partial charge in [0.05, 0.1) is 7.11 Å². The van der Waals surface area contributed by atoms with Gasteiger partial charge in [-0.25, -0.2) is 0 Å². The van der Waals surface area contributed by atoms with Crippen LogP contribution in [0.4, 0.5) is 0 Å². The van der Waals surface area contributed by atoms with E-state index < -0.39 is 0 Å². The average molecular weight is 245 g/mol. The van der Waals surface area contributed by atoms with Crippen LogP contribution in [-0.2, 0) is 0 Å². The van der Waals surface area contributed by atoms with Crippen molar-refractivity contribution in [1.29, 1.82) is 0 Å². The number of benzene rings is 1. The van der Waals surface area contributed by atoms with Crippen LogP contribution < -0.4 is 10.5 Å².